The van der Waals surface area contributed by atoms with Gasteiger partial charge in [-0.15, -0.1) is 0 Å². The summed E-state index contributed by atoms with van der Waals surface area (Å²) in [6.45, 7) is 1.53. The highest BCUT2D eigenvalue weighted by Crippen LogP contribution is 2.70. The summed E-state index contributed by atoms with van der Waals surface area (Å²) in [6.07, 6.45) is 4.68. The highest BCUT2D eigenvalue weighted by atomic mass is 32.2. The summed E-state index contributed by atoms with van der Waals surface area (Å²) in [5.74, 6) is 0.864. The molecule has 1 unspecified atom stereocenters. The maximum absolute atomic E-state index is 12.7. The number of rotatable bonds is 4. The first kappa shape index (κ1) is 13.4. The lowest BCUT2D eigenvalue weighted by atomic mass is 10.2. The fourth-order valence-electron chi connectivity index (χ4n) is 4.70. The molecule has 5 heteroatoms. The molecule has 2 heterocycles. The van der Waals surface area contributed by atoms with Crippen molar-refractivity contribution in [3.05, 3.63) is 30.3 Å². The summed E-state index contributed by atoms with van der Waals surface area (Å²) in [5.41, 5.74) is 1.70. The van der Waals surface area contributed by atoms with E-state index in [0.29, 0.717) is 29.7 Å². The molecule has 3 atom stereocenters. The number of piperazine rings is 1. The van der Waals surface area contributed by atoms with Crippen LogP contribution in [0.1, 0.15) is 25.7 Å². The van der Waals surface area contributed by atoms with Crippen LogP contribution in [0, 0.1) is 11.3 Å². The van der Waals surface area contributed by atoms with Gasteiger partial charge in [0.25, 0.3) is 0 Å². The maximum Gasteiger partial charge on any atom is 0.214 e. The van der Waals surface area contributed by atoms with E-state index in [1.165, 1.54) is 18.5 Å². The first-order valence-corrected chi connectivity index (χ1v) is 10.00. The Bertz CT molecular complexity index is 699. The van der Waals surface area contributed by atoms with Gasteiger partial charge in [0.2, 0.25) is 10.0 Å². The van der Waals surface area contributed by atoms with Crippen molar-refractivity contribution in [2.24, 2.45) is 11.3 Å². The number of anilines is 1. The number of para-hydroxylation sites is 1. The molecule has 0 aromatic heterocycles. The summed E-state index contributed by atoms with van der Waals surface area (Å²) >= 11 is 0. The molecule has 2 aliphatic heterocycles. The number of hydrogen-bond acceptors (Lipinski definition) is 3. The Morgan fingerprint density at radius 3 is 2.45 bits per heavy atom. The molecule has 0 N–H and O–H groups in total. The van der Waals surface area contributed by atoms with Crippen molar-refractivity contribution < 1.29 is 8.42 Å². The van der Waals surface area contributed by atoms with Crippen molar-refractivity contribution in [1.29, 1.82) is 0 Å². The average Bonchev–Trinajstić information content (AvgIpc) is 3.32. The van der Waals surface area contributed by atoms with Crippen LogP contribution < -0.4 is 4.90 Å². The minimum absolute atomic E-state index is 0.184. The van der Waals surface area contributed by atoms with Crippen LogP contribution in [-0.4, -0.2) is 43.6 Å². The van der Waals surface area contributed by atoms with Gasteiger partial charge >= 0.3 is 0 Å². The van der Waals surface area contributed by atoms with Gasteiger partial charge in [0.15, 0.2) is 0 Å². The predicted molar refractivity (Wildman–Crippen MR) is 86.2 cm³/mol. The molecular weight excluding hydrogens is 296 g/mol. The molecule has 2 saturated carbocycles. The molecule has 4 nitrogen and oxygen atoms in total. The minimum atomic E-state index is -3.06. The van der Waals surface area contributed by atoms with Crippen LogP contribution in [-0.2, 0) is 10.0 Å². The summed E-state index contributed by atoms with van der Waals surface area (Å²) in [6, 6.07) is 10.9. The molecule has 0 radical (unpaired) electrons. The molecule has 4 aliphatic rings. The van der Waals surface area contributed by atoms with Gasteiger partial charge in [-0.3, -0.25) is 0 Å². The Kier molecular flexibility index (Phi) is 2.59. The SMILES string of the molecule is O=S(=O)(CC1CC12CC2)N1C[C@@H]2C[C@H]1CN2c1ccccc1. The van der Waals surface area contributed by atoms with E-state index in [4.69, 9.17) is 0 Å². The van der Waals surface area contributed by atoms with E-state index in [-0.39, 0.29) is 6.04 Å². The first-order chi connectivity index (χ1) is 10.6. The Hall–Kier alpha value is -1.07. The van der Waals surface area contributed by atoms with E-state index >= 15 is 0 Å². The number of benzene rings is 1. The maximum atomic E-state index is 12.7. The van der Waals surface area contributed by atoms with Crippen LogP contribution in [0.2, 0.25) is 0 Å². The molecule has 0 amide bonds. The number of nitrogens with zero attached hydrogens (tertiary/aromatic N) is 2. The molecule has 4 fully saturated rings. The second kappa shape index (κ2) is 4.26. The highest BCUT2D eigenvalue weighted by molar-refractivity contribution is 7.89. The molecule has 2 saturated heterocycles. The van der Waals surface area contributed by atoms with Crippen LogP contribution in [0.3, 0.4) is 0 Å². The van der Waals surface area contributed by atoms with Gasteiger partial charge in [-0.05, 0) is 49.1 Å². The van der Waals surface area contributed by atoms with Gasteiger partial charge in [-0.25, -0.2) is 8.42 Å². The summed E-state index contributed by atoms with van der Waals surface area (Å²) in [4.78, 5) is 2.39. The zero-order valence-corrected chi connectivity index (χ0v) is 13.5. The monoisotopic (exact) mass is 318 g/mol. The number of sulfonamides is 1. The van der Waals surface area contributed by atoms with E-state index in [2.05, 4.69) is 29.2 Å². The number of fused-ring (bicyclic) bond motifs is 2. The first-order valence-electron chi connectivity index (χ1n) is 8.39. The number of hydrogen-bond donors (Lipinski definition) is 0. The lowest BCUT2D eigenvalue weighted by Crippen LogP contribution is -2.49. The molecule has 1 spiro atoms. The summed E-state index contributed by atoms with van der Waals surface area (Å²) in [7, 11) is -3.06. The average molecular weight is 318 g/mol. The zero-order valence-electron chi connectivity index (χ0n) is 12.7. The predicted octanol–water partition coefficient (Wildman–Crippen LogP) is 2.08. The second-order valence-electron chi connectivity index (χ2n) is 7.64. The molecule has 2 bridgehead atoms. The van der Waals surface area contributed by atoms with E-state index in [9.17, 15) is 8.42 Å². The van der Waals surface area contributed by atoms with Crippen molar-refractivity contribution >= 4 is 15.7 Å². The van der Waals surface area contributed by atoms with Crippen LogP contribution in [0.4, 0.5) is 5.69 Å². The lowest BCUT2D eigenvalue weighted by Gasteiger charge is -2.35. The van der Waals surface area contributed by atoms with E-state index in [0.717, 1.165) is 19.4 Å². The van der Waals surface area contributed by atoms with Crippen molar-refractivity contribution in [3.8, 4) is 0 Å². The van der Waals surface area contributed by atoms with Crippen LogP contribution in [0.15, 0.2) is 30.3 Å². The fraction of sp³-hybridized carbons (Fsp3) is 0.647. The van der Waals surface area contributed by atoms with E-state index < -0.39 is 10.0 Å². The lowest BCUT2D eigenvalue weighted by molar-refractivity contribution is 0.367. The Balaban J connectivity index is 1.30. The van der Waals surface area contributed by atoms with Gasteiger partial charge in [-0.2, -0.15) is 4.31 Å². The Morgan fingerprint density at radius 1 is 1.09 bits per heavy atom. The van der Waals surface area contributed by atoms with Crippen molar-refractivity contribution in [3.63, 3.8) is 0 Å². The Morgan fingerprint density at radius 2 is 1.86 bits per heavy atom. The van der Waals surface area contributed by atoms with E-state index in [1.807, 2.05) is 10.4 Å². The van der Waals surface area contributed by atoms with Gasteiger partial charge in [-0.1, -0.05) is 18.2 Å². The van der Waals surface area contributed by atoms with Crippen LogP contribution >= 0.6 is 0 Å². The van der Waals surface area contributed by atoms with Crippen molar-refractivity contribution in [2.75, 3.05) is 23.7 Å². The fourth-order valence-corrected chi connectivity index (χ4v) is 6.87. The largest absolute Gasteiger partial charge is 0.366 e. The molecule has 118 valence electrons. The molecule has 1 aromatic rings. The molecule has 22 heavy (non-hydrogen) atoms. The smallest absolute Gasteiger partial charge is 0.214 e. The van der Waals surface area contributed by atoms with Gasteiger partial charge in [0.1, 0.15) is 0 Å². The van der Waals surface area contributed by atoms with Crippen molar-refractivity contribution in [2.45, 2.75) is 37.8 Å². The standard InChI is InChI=1S/C17H22N2O2S/c20-22(21,12-13-9-17(13)6-7-17)19-11-15-8-16(19)10-18(15)14-4-2-1-3-5-14/h1-5,13,15-16H,6-12H2/t13?,15-,16-/m0/s1. The van der Waals surface area contributed by atoms with E-state index in [1.54, 1.807) is 0 Å². The third kappa shape index (κ3) is 1.95. The molecule has 1 aromatic carbocycles. The third-order valence-corrected chi connectivity index (χ3v) is 8.28. The topological polar surface area (TPSA) is 40.6 Å². The Labute approximate surface area is 132 Å². The van der Waals surface area contributed by atoms with Crippen molar-refractivity contribution in [1.82, 2.24) is 4.31 Å². The third-order valence-electron chi connectivity index (χ3n) is 6.30. The minimum Gasteiger partial charge on any atom is -0.366 e. The summed E-state index contributed by atoms with van der Waals surface area (Å²) < 4.78 is 27.3. The van der Waals surface area contributed by atoms with Crippen LogP contribution in [0.5, 0.6) is 0 Å². The molecule has 2 aliphatic carbocycles. The van der Waals surface area contributed by atoms with Crippen LogP contribution in [0.25, 0.3) is 0 Å². The highest BCUT2D eigenvalue weighted by Gasteiger charge is 2.64. The molecular formula is C17H22N2O2S. The van der Waals surface area contributed by atoms with Gasteiger partial charge in [0.05, 0.1) is 5.75 Å². The van der Waals surface area contributed by atoms with Gasteiger partial charge < -0.3 is 4.90 Å². The second-order valence-corrected chi connectivity index (χ2v) is 9.61. The zero-order chi connectivity index (χ0) is 14.9. The summed E-state index contributed by atoms with van der Waals surface area (Å²) in [5, 5.41) is 0. The van der Waals surface area contributed by atoms with Gasteiger partial charge in [0, 0.05) is 30.9 Å². The normalized spacial score (nSPS) is 35.3. The quantitative estimate of drug-likeness (QED) is 0.853. The molecule has 5 rings (SSSR count).